The number of pyridine rings is 1. The molecule has 0 saturated heterocycles. The molecule has 0 spiro atoms. The number of fused-ring (bicyclic) bond motifs is 1. The minimum atomic E-state index is -0.124. The van der Waals surface area contributed by atoms with Gasteiger partial charge in [0.2, 0.25) is 0 Å². The van der Waals surface area contributed by atoms with Gasteiger partial charge in [-0.25, -0.2) is 9.48 Å². The standard InChI is InChI=1S/C20H21N5O2/c1-15-17(8-5-10-21-15)19(26)23-11-9-18-22-25(20(27)24(18)13-12-23)14-16-6-3-2-4-7-16/h2-8,10H,9,11-14H2,1H3. The highest BCUT2D eigenvalue weighted by Crippen LogP contribution is 2.12. The van der Waals surface area contributed by atoms with Gasteiger partial charge in [-0.3, -0.25) is 14.3 Å². The molecule has 0 aliphatic carbocycles. The van der Waals surface area contributed by atoms with Gasteiger partial charge >= 0.3 is 5.69 Å². The number of rotatable bonds is 3. The van der Waals surface area contributed by atoms with E-state index in [1.165, 1.54) is 4.68 Å². The number of hydrogen-bond donors (Lipinski definition) is 0. The lowest BCUT2D eigenvalue weighted by atomic mass is 10.1. The van der Waals surface area contributed by atoms with Gasteiger partial charge in [-0.2, -0.15) is 5.10 Å². The molecule has 7 nitrogen and oxygen atoms in total. The van der Waals surface area contributed by atoms with Crippen molar-refractivity contribution in [1.29, 1.82) is 0 Å². The van der Waals surface area contributed by atoms with Crippen molar-refractivity contribution in [2.24, 2.45) is 0 Å². The maximum atomic E-state index is 12.8. The van der Waals surface area contributed by atoms with E-state index >= 15 is 0 Å². The normalized spacial score (nSPS) is 13.9. The van der Waals surface area contributed by atoms with Crippen molar-refractivity contribution < 1.29 is 4.79 Å². The minimum Gasteiger partial charge on any atom is -0.336 e. The third kappa shape index (κ3) is 3.40. The van der Waals surface area contributed by atoms with E-state index in [0.717, 1.165) is 17.1 Å². The number of carbonyl (C=O) groups is 1. The molecule has 1 aliphatic heterocycles. The van der Waals surface area contributed by atoms with E-state index in [4.69, 9.17) is 0 Å². The summed E-state index contributed by atoms with van der Waals surface area (Å²) in [6, 6.07) is 13.4. The second kappa shape index (κ2) is 7.19. The topological polar surface area (TPSA) is 73.0 Å². The lowest BCUT2D eigenvalue weighted by Crippen LogP contribution is -2.35. The summed E-state index contributed by atoms with van der Waals surface area (Å²) >= 11 is 0. The van der Waals surface area contributed by atoms with Gasteiger partial charge in [-0.1, -0.05) is 30.3 Å². The molecule has 2 aromatic heterocycles. The Kier molecular flexibility index (Phi) is 4.58. The predicted octanol–water partition coefficient (Wildman–Crippen LogP) is 1.50. The highest BCUT2D eigenvalue weighted by molar-refractivity contribution is 5.95. The first kappa shape index (κ1) is 17.2. The molecule has 3 aromatic rings. The van der Waals surface area contributed by atoms with Crippen molar-refractivity contribution in [2.75, 3.05) is 13.1 Å². The summed E-state index contributed by atoms with van der Waals surface area (Å²) < 4.78 is 3.19. The largest absolute Gasteiger partial charge is 0.346 e. The molecule has 1 aliphatic rings. The molecule has 0 atom stereocenters. The van der Waals surface area contributed by atoms with Crippen molar-refractivity contribution in [3.8, 4) is 0 Å². The molecule has 1 aromatic carbocycles. The molecule has 0 fully saturated rings. The fourth-order valence-corrected chi connectivity index (χ4v) is 3.41. The second-order valence-corrected chi connectivity index (χ2v) is 6.67. The highest BCUT2D eigenvalue weighted by atomic mass is 16.2. The average molecular weight is 363 g/mol. The maximum Gasteiger partial charge on any atom is 0.346 e. The first-order chi connectivity index (χ1) is 13.1. The van der Waals surface area contributed by atoms with E-state index in [9.17, 15) is 9.59 Å². The Labute approximate surface area is 156 Å². The molecule has 0 radical (unpaired) electrons. The van der Waals surface area contributed by atoms with E-state index in [1.807, 2.05) is 37.3 Å². The van der Waals surface area contributed by atoms with Crippen LogP contribution in [0.4, 0.5) is 0 Å². The molecular formula is C20H21N5O2. The Morgan fingerprint density at radius 2 is 1.89 bits per heavy atom. The lowest BCUT2D eigenvalue weighted by molar-refractivity contribution is 0.0757. The summed E-state index contributed by atoms with van der Waals surface area (Å²) in [6.07, 6.45) is 2.24. The Hall–Kier alpha value is -3.22. The van der Waals surface area contributed by atoms with Crippen LogP contribution in [0.25, 0.3) is 0 Å². The Bertz CT molecular complexity index is 1020. The van der Waals surface area contributed by atoms with Gasteiger partial charge in [-0.05, 0) is 24.6 Å². The van der Waals surface area contributed by atoms with Gasteiger partial charge in [-0.15, -0.1) is 0 Å². The molecule has 7 heteroatoms. The molecule has 0 N–H and O–H groups in total. The third-order valence-corrected chi connectivity index (χ3v) is 4.90. The SMILES string of the molecule is Cc1ncccc1C(=O)N1CCc2nn(Cc3ccccc3)c(=O)n2CC1. The number of amides is 1. The van der Waals surface area contributed by atoms with Crippen molar-refractivity contribution in [3.63, 3.8) is 0 Å². The molecule has 3 heterocycles. The van der Waals surface area contributed by atoms with E-state index in [-0.39, 0.29) is 11.6 Å². The molecular weight excluding hydrogens is 342 g/mol. The van der Waals surface area contributed by atoms with Crippen LogP contribution in [-0.2, 0) is 19.5 Å². The summed E-state index contributed by atoms with van der Waals surface area (Å²) in [5.41, 5.74) is 2.24. The van der Waals surface area contributed by atoms with Crippen LogP contribution in [0.15, 0.2) is 53.5 Å². The van der Waals surface area contributed by atoms with E-state index in [2.05, 4.69) is 10.1 Å². The zero-order chi connectivity index (χ0) is 18.8. The molecule has 4 rings (SSSR count). The third-order valence-electron chi connectivity index (χ3n) is 4.90. The molecule has 0 saturated carbocycles. The van der Waals surface area contributed by atoms with Crippen LogP contribution in [0, 0.1) is 6.92 Å². The number of hydrogen-bond acceptors (Lipinski definition) is 4. The summed E-state index contributed by atoms with van der Waals surface area (Å²) in [5, 5.41) is 4.51. The lowest BCUT2D eigenvalue weighted by Gasteiger charge is -2.20. The Balaban J connectivity index is 1.52. The van der Waals surface area contributed by atoms with Crippen LogP contribution in [0.1, 0.15) is 27.4 Å². The molecule has 1 amide bonds. The second-order valence-electron chi connectivity index (χ2n) is 6.67. The Morgan fingerprint density at radius 3 is 2.67 bits per heavy atom. The zero-order valence-corrected chi connectivity index (χ0v) is 15.2. The van der Waals surface area contributed by atoms with Crippen molar-refractivity contribution in [3.05, 3.63) is 81.8 Å². The first-order valence-corrected chi connectivity index (χ1v) is 9.05. The van der Waals surface area contributed by atoms with E-state index in [0.29, 0.717) is 38.2 Å². The fraction of sp³-hybridized carbons (Fsp3) is 0.300. The summed E-state index contributed by atoms with van der Waals surface area (Å²) in [4.78, 5) is 31.5. The van der Waals surface area contributed by atoms with Crippen LogP contribution >= 0.6 is 0 Å². The van der Waals surface area contributed by atoms with Crippen LogP contribution in [0.5, 0.6) is 0 Å². The average Bonchev–Trinajstić information content (AvgIpc) is 2.85. The molecule has 0 bridgehead atoms. The van der Waals surface area contributed by atoms with Gasteiger partial charge in [0, 0.05) is 37.9 Å². The fourth-order valence-electron chi connectivity index (χ4n) is 3.41. The van der Waals surface area contributed by atoms with Gasteiger partial charge in [0.15, 0.2) is 0 Å². The molecule has 27 heavy (non-hydrogen) atoms. The smallest absolute Gasteiger partial charge is 0.336 e. The van der Waals surface area contributed by atoms with E-state index in [1.54, 1.807) is 27.8 Å². The van der Waals surface area contributed by atoms with Crippen LogP contribution in [0.3, 0.4) is 0 Å². The number of carbonyl (C=O) groups excluding carboxylic acids is 1. The van der Waals surface area contributed by atoms with Gasteiger partial charge in [0.05, 0.1) is 12.1 Å². The first-order valence-electron chi connectivity index (χ1n) is 9.05. The van der Waals surface area contributed by atoms with Gasteiger partial charge in [0.1, 0.15) is 5.82 Å². The van der Waals surface area contributed by atoms with Crippen LogP contribution in [-0.4, -0.2) is 43.2 Å². The van der Waals surface area contributed by atoms with Crippen molar-refractivity contribution >= 4 is 5.91 Å². The number of benzene rings is 1. The van der Waals surface area contributed by atoms with Gasteiger partial charge < -0.3 is 4.90 Å². The predicted molar refractivity (Wildman–Crippen MR) is 101 cm³/mol. The minimum absolute atomic E-state index is 0.0454. The highest BCUT2D eigenvalue weighted by Gasteiger charge is 2.24. The maximum absolute atomic E-state index is 12.8. The molecule has 0 unspecified atom stereocenters. The van der Waals surface area contributed by atoms with Gasteiger partial charge in [0.25, 0.3) is 5.91 Å². The number of aromatic nitrogens is 4. The quantitative estimate of drug-likeness (QED) is 0.707. The monoisotopic (exact) mass is 363 g/mol. The Morgan fingerprint density at radius 1 is 1.07 bits per heavy atom. The van der Waals surface area contributed by atoms with Crippen molar-refractivity contribution in [1.82, 2.24) is 24.2 Å². The summed E-state index contributed by atoms with van der Waals surface area (Å²) in [5.74, 6) is 0.685. The molecule has 138 valence electrons. The van der Waals surface area contributed by atoms with Crippen molar-refractivity contribution in [2.45, 2.75) is 26.4 Å². The van der Waals surface area contributed by atoms with Crippen LogP contribution in [0.2, 0.25) is 0 Å². The zero-order valence-electron chi connectivity index (χ0n) is 15.2. The summed E-state index contributed by atoms with van der Waals surface area (Å²) in [7, 11) is 0. The number of nitrogens with zero attached hydrogens (tertiary/aromatic N) is 5. The number of aryl methyl sites for hydroxylation is 1. The van der Waals surface area contributed by atoms with E-state index < -0.39 is 0 Å². The summed E-state index contributed by atoms with van der Waals surface area (Å²) in [6.45, 7) is 3.76. The van der Waals surface area contributed by atoms with Crippen LogP contribution < -0.4 is 5.69 Å².